The van der Waals surface area contributed by atoms with Crippen molar-refractivity contribution in [2.24, 2.45) is 5.92 Å². The van der Waals surface area contributed by atoms with Crippen LogP contribution in [0, 0.1) is 5.92 Å². The number of rotatable bonds is 8. The number of benzene rings is 2. The van der Waals surface area contributed by atoms with Gasteiger partial charge < -0.3 is 14.4 Å². The highest BCUT2D eigenvalue weighted by Gasteiger charge is 2.36. The van der Waals surface area contributed by atoms with Crippen LogP contribution in [0.1, 0.15) is 40.5 Å². The molecule has 0 radical (unpaired) electrons. The number of Topliss-reactive ketones (excluding diaryl/α,β-unsaturated/α-hetero) is 1. The SMILES string of the molecule is CCCOC(=O)c1ccc(N2C[C@H](C(=O)OCC(=O)c3ccc(Cl)cc3Cl)CC2=O)cc1. The number of anilines is 1. The summed E-state index contributed by atoms with van der Waals surface area (Å²) in [5.74, 6) is -2.49. The molecule has 3 rings (SSSR count). The van der Waals surface area contributed by atoms with Crippen molar-refractivity contribution >= 4 is 52.5 Å². The summed E-state index contributed by atoms with van der Waals surface area (Å²) >= 11 is 11.8. The Morgan fingerprint density at radius 1 is 1.06 bits per heavy atom. The van der Waals surface area contributed by atoms with Crippen molar-refractivity contribution in [1.82, 2.24) is 0 Å². The maximum absolute atomic E-state index is 12.4. The molecule has 1 aliphatic heterocycles. The minimum atomic E-state index is -0.704. The molecule has 0 aromatic heterocycles. The number of hydrogen-bond donors (Lipinski definition) is 0. The molecule has 2 aromatic rings. The Kier molecular flexibility index (Phi) is 7.88. The lowest BCUT2D eigenvalue weighted by Crippen LogP contribution is -2.27. The Bertz CT molecular complexity index is 1040. The first kappa shape index (κ1) is 23.8. The third-order valence-corrected chi connectivity index (χ3v) is 5.44. The lowest BCUT2D eigenvalue weighted by molar-refractivity contribution is -0.147. The highest BCUT2D eigenvalue weighted by atomic mass is 35.5. The van der Waals surface area contributed by atoms with Crippen LogP contribution in [0.25, 0.3) is 0 Å². The molecule has 0 saturated carbocycles. The van der Waals surface area contributed by atoms with Crippen LogP contribution in [-0.2, 0) is 19.1 Å². The van der Waals surface area contributed by atoms with Crippen molar-refractivity contribution in [2.75, 3.05) is 24.7 Å². The van der Waals surface area contributed by atoms with E-state index in [0.29, 0.717) is 22.9 Å². The first-order valence-electron chi connectivity index (χ1n) is 10.0. The van der Waals surface area contributed by atoms with E-state index in [0.717, 1.165) is 6.42 Å². The van der Waals surface area contributed by atoms with Gasteiger partial charge in [0.1, 0.15) is 0 Å². The molecule has 0 unspecified atom stereocenters. The van der Waals surface area contributed by atoms with Gasteiger partial charge in [0.2, 0.25) is 11.7 Å². The number of halogens is 2. The molecule has 1 atom stereocenters. The number of hydrogen-bond acceptors (Lipinski definition) is 6. The van der Waals surface area contributed by atoms with Gasteiger partial charge in [-0.2, -0.15) is 0 Å². The van der Waals surface area contributed by atoms with E-state index in [1.54, 1.807) is 24.3 Å². The van der Waals surface area contributed by atoms with Gasteiger partial charge in [0.05, 0.1) is 23.1 Å². The van der Waals surface area contributed by atoms with Gasteiger partial charge in [-0.15, -0.1) is 0 Å². The maximum atomic E-state index is 12.4. The van der Waals surface area contributed by atoms with Crippen LogP contribution in [-0.4, -0.2) is 43.4 Å². The van der Waals surface area contributed by atoms with E-state index in [9.17, 15) is 19.2 Å². The summed E-state index contributed by atoms with van der Waals surface area (Å²) < 4.78 is 10.2. The third-order valence-electron chi connectivity index (χ3n) is 4.89. The average Bonchev–Trinajstić information content (AvgIpc) is 3.17. The van der Waals surface area contributed by atoms with E-state index in [-0.39, 0.29) is 29.5 Å². The largest absolute Gasteiger partial charge is 0.462 e. The van der Waals surface area contributed by atoms with Crippen molar-refractivity contribution in [3.05, 3.63) is 63.6 Å². The van der Waals surface area contributed by atoms with Crippen LogP contribution < -0.4 is 4.90 Å². The number of ketones is 1. The molecule has 7 nitrogen and oxygen atoms in total. The summed E-state index contributed by atoms with van der Waals surface area (Å²) in [6.45, 7) is 1.87. The molecule has 0 N–H and O–H groups in total. The minimum Gasteiger partial charge on any atom is -0.462 e. The topological polar surface area (TPSA) is 90.0 Å². The van der Waals surface area contributed by atoms with Crippen molar-refractivity contribution < 1.29 is 28.7 Å². The molecule has 1 fully saturated rings. The first-order chi connectivity index (χ1) is 15.3. The molecule has 0 bridgehead atoms. The molecular formula is C23H21Cl2NO6. The standard InChI is InChI=1S/C23H21Cl2NO6/c1-2-9-31-22(29)14-3-6-17(7-4-14)26-12-15(10-21(26)28)23(30)32-13-20(27)18-8-5-16(24)11-19(18)25/h3-8,11,15H,2,9-10,12-13H2,1H3/t15-/m1/s1. The minimum absolute atomic E-state index is 0.0327. The second kappa shape index (κ2) is 10.6. The normalized spacial score (nSPS) is 15.5. The van der Waals surface area contributed by atoms with Gasteiger partial charge in [-0.3, -0.25) is 14.4 Å². The number of carbonyl (C=O) groups is 4. The summed E-state index contributed by atoms with van der Waals surface area (Å²) in [4.78, 5) is 50.5. The maximum Gasteiger partial charge on any atom is 0.338 e. The van der Waals surface area contributed by atoms with Gasteiger partial charge >= 0.3 is 11.9 Å². The summed E-state index contributed by atoms with van der Waals surface area (Å²) in [7, 11) is 0. The fourth-order valence-electron chi connectivity index (χ4n) is 3.22. The van der Waals surface area contributed by atoms with Gasteiger partial charge in [0.25, 0.3) is 0 Å². The Hall–Kier alpha value is -2.90. The quantitative estimate of drug-likeness (QED) is 0.414. The Morgan fingerprint density at radius 3 is 2.44 bits per heavy atom. The molecule has 1 saturated heterocycles. The van der Waals surface area contributed by atoms with Gasteiger partial charge in [0.15, 0.2) is 6.61 Å². The average molecular weight is 478 g/mol. The lowest BCUT2D eigenvalue weighted by Gasteiger charge is -2.17. The Morgan fingerprint density at radius 2 is 1.78 bits per heavy atom. The van der Waals surface area contributed by atoms with Gasteiger partial charge in [0, 0.05) is 29.2 Å². The molecule has 0 spiro atoms. The van der Waals surface area contributed by atoms with Crippen LogP contribution in [0.3, 0.4) is 0 Å². The number of amides is 1. The number of carbonyl (C=O) groups excluding carboxylic acids is 4. The summed E-state index contributed by atoms with van der Waals surface area (Å²) in [6.07, 6.45) is 0.691. The summed E-state index contributed by atoms with van der Waals surface area (Å²) in [6, 6.07) is 10.8. The summed E-state index contributed by atoms with van der Waals surface area (Å²) in [5, 5.41) is 0.557. The number of ether oxygens (including phenoxy) is 2. The van der Waals surface area contributed by atoms with Crippen molar-refractivity contribution in [2.45, 2.75) is 19.8 Å². The second-order valence-corrected chi connectivity index (χ2v) is 8.09. The molecule has 168 valence electrons. The molecule has 9 heteroatoms. The second-order valence-electron chi connectivity index (χ2n) is 7.24. The molecular weight excluding hydrogens is 457 g/mol. The van der Waals surface area contributed by atoms with Gasteiger partial charge in [-0.25, -0.2) is 4.79 Å². The molecule has 1 amide bonds. The molecule has 2 aromatic carbocycles. The molecule has 1 aliphatic rings. The van der Waals surface area contributed by atoms with Gasteiger partial charge in [-0.1, -0.05) is 30.1 Å². The molecule has 0 aliphatic carbocycles. The Labute approximate surface area is 195 Å². The zero-order chi connectivity index (χ0) is 23.3. The first-order valence-corrected chi connectivity index (χ1v) is 10.8. The smallest absolute Gasteiger partial charge is 0.338 e. The molecule has 32 heavy (non-hydrogen) atoms. The zero-order valence-corrected chi connectivity index (χ0v) is 18.8. The van der Waals surface area contributed by atoms with Crippen molar-refractivity contribution in [3.8, 4) is 0 Å². The van der Waals surface area contributed by atoms with Crippen LogP contribution >= 0.6 is 23.2 Å². The monoisotopic (exact) mass is 477 g/mol. The number of nitrogens with zero attached hydrogens (tertiary/aromatic N) is 1. The zero-order valence-electron chi connectivity index (χ0n) is 17.3. The highest BCUT2D eigenvalue weighted by molar-refractivity contribution is 6.36. The Balaban J connectivity index is 1.57. The van der Waals surface area contributed by atoms with E-state index >= 15 is 0 Å². The van der Waals surface area contributed by atoms with E-state index in [1.165, 1.54) is 23.1 Å². The fourth-order valence-corrected chi connectivity index (χ4v) is 3.73. The molecule has 1 heterocycles. The fraction of sp³-hybridized carbons (Fsp3) is 0.304. The van der Waals surface area contributed by atoms with E-state index in [1.807, 2.05) is 6.92 Å². The van der Waals surface area contributed by atoms with Crippen LogP contribution in [0.2, 0.25) is 10.0 Å². The van der Waals surface area contributed by atoms with Crippen molar-refractivity contribution in [3.63, 3.8) is 0 Å². The van der Waals surface area contributed by atoms with Gasteiger partial charge in [-0.05, 0) is 48.9 Å². The van der Waals surface area contributed by atoms with Crippen LogP contribution in [0.15, 0.2) is 42.5 Å². The number of esters is 2. The lowest BCUT2D eigenvalue weighted by atomic mass is 10.1. The van der Waals surface area contributed by atoms with Crippen LogP contribution in [0.4, 0.5) is 5.69 Å². The van der Waals surface area contributed by atoms with Crippen LogP contribution in [0.5, 0.6) is 0 Å². The highest BCUT2D eigenvalue weighted by Crippen LogP contribution is 2.27. The summed E-state index contributed by atoms with van der Waals surface area (Å²) in [5.41, 5.74) is 1.14. The third kappa shape index (κ3) is 5.66. The predicted molar refractivity (Wildman–Crippen MR) is 119 cm³/mol. The van der Waals surface area contributed by atoms with E-state index in [2.05, 4.69) is 0 Å². The van der Waals surface area contributed by atoms with E-state index < -0.39 is 30.2 Å². The van der Waals surface area contributed by atoms with Crippen molar-refractivity contribution in [1.29, 1.82) is 0 Å². The van der Waals surface area contributed by atoms with E-state index in [4.69, 9.17) is 32.7 Å². The predicted octanol–water partition coefficient (Wildman–Crippen LogP) is 4.34.